The van der Waals surface area contributed by atoms with E-state index >= 15 is 0 Å². The number of hydrogen-bond donors (Lipinski definition) is 4. The third-order valence-corrected chi connectivity index (χ3v) is 2.77. The molecule has 0 rings (SSSR count). The minimum Gasteiger partial charge on any atom is -0.368 e. The molecule has 0 aliphatic carbocycles. The van der Waals surface area contributed by atoms with E-state index in [0.29, 0.717) is 6.42 Å². The minimum absolute atomic E-state index is 0.0659. The molecule has 0 unspecified atom stereocenters. The number of amides is 3. The third-order valence-electron chi connectivity index (χ3n) is 2.77. The lowest BCUT2D eigenvalue weighted by molar-refractivity contribution is -0.131. The first-order valence-electron chi connectivity index (χ1n) is 5.92. The van der Waals surface area contributed by atoms with E-state index < -0.39 is 29.8 Å². The van der Waals surface area contributed by atoms with Crippen LogP contribution in [-0.2, 0) is 14.4 Å². The normalized spacial score (nSPS) is 15.3. The Morgan fingerprint density at radius 1 is 1.17 bits per heavy atom. The number of carbonyl (C=O) groups excluding carboxylic acids is 3. The van der Waals surface area contributed by atoms with Crippen molar-refractivity contribution in [2.75, 3.05) is 6.54 Å². The lowest BCUT2D eigenvalue weighted by atomic mass is 9.98. The molecule has 6 N–H and O–H groups in total. The van der Waals surface area contributed by atoms with Crippen molar-refractivity contribution in [2.24, 2.45) is 17.4 Å². The predicted octanol–water partition coefficient (Wildman–Crippen LogP) is -1.53. The van der Waals surface area contributed by atoms with Gasteiger partial charge in [0.2, 0.25) is 17.7 Å². The Hall–Kier alpha value is -1.63. The van der Waals surface area contributed by atoms with Crippen LogP contribution in [0.1, 0.15) is 27.2 Å². The highest BCUT2D eigenvalue weighted by atomic mass is 16.2. The molecule has 0 fully saturated rings. The van der Waals surface area contributed by atoms with Gasteiger partial charge in [-0.25, -0.2) is 0 Å². The van der Waals surface area contributed by atoms with Gasteiger partial charge in [0.15, 0.2) is 0 Å². The van der Waals surface area contributed by atoms with Crippen LogP contribution in [0.2, 0.25) is 0 Å². The molecular weight excluding hydrogens is 236 g/mol. The summed E-state index contributed by atoms with van der Waals surface area (Å²) in [6, 6.07) is -1.49. The fourth-order valence-electron chi connectivity index (χ4n) is 1.37. The predicted molar refractivity (Wildman–Crippen MR) is 67.2 cm³/mol. The second-order valence-corrected chi connectivity index (χ2v) is 4.27. The van der Waals surface area contributed by atoms with Crippen LogP contribution >= 0.6 is 0 Å². The van der Waals surface area contributed by atoms with E-state index in [-0.39, 0.29) is 12.5 Å². The van der Waals surface area contributed by atoms with Crippen LogP contribution in [-0.4, -0.2) is 36.3 Å². The molecule has 7 heteroatoms. The molecule has 0 saturated carbocycles. The molecule has 0 aliphatic heterocycles. The summed E-state index contributed by atoms with van der Waals surface area (Å²) >= 11 is 0. The lowest BCUT2D eigenvalue weighted by Gasteiger charge is -2.23. The highest BCUT2D eigenvalue weighted by Crippen LogP contribution is 2.07. The molecule has 0 aromatic carbocycles. The van der Waals surface area contributed by atoms with E-state index in [1.807, 2.05) is 13.8 Å². The summed E-state index contributed by atoms with van der Waals surface area (Å²) in [4.78, 5) is 34.0. The van der Waals surface area contributed by atoms with Crippen molar-refractivity contribution >= 4 is 17.7 Å². The summed E-state index contributed by atoms with van der Waals surface area (Å²) in [6.45, 7) is 5.03. The molecule has 3 atom stereocenters. The van der Waals surface area contributed by atoms with Crippen LogP contribution in [0, 0.1) is 5.92 Å². The smallest absolute Gasteiger partial charge is 0.242 e. The van der Waals surface area contributed by atoms with Crippen LogP contribution in [0.5, 0.6) is 0 Å². The molecule has 0 radical (unpaired) electrons. The van der Waals surface area contributed by atoms with Gasteiger partial charge < -0.3 is 22.1 Å². The van der Waals surface area contributed by atoms with Crippen LogP contribution < -0.4 is 22.1 Å². The van der Waals surface area contributed by atoms with E-state index in [1.165, 1.54) is 6.92 Å². The summed E-state index contributed by atoms with van der Waals surface area (Å²) in [5.74, 6) is -1.54. The molecule has 0 aromatic heterocycles. The zero-order valence-electron chi connectivity index (χ0n) is 11.0. The largest absolute Gasteiger partial charge is 0.368 e. The van der Waals surface area contributed by atoms with E-state index in [4.69, 9.17) is 11.5 Å². The second-order valence-electron chi connectivity index (χ2n) is 4.27. The van der Waals surface area contributed by atoms with Gasteiger partial charge in [-0.3, -0.25) is 14.4 Å². The van der Waals surface area contributed by atoms with E-state index in [1.54, 1.807) is 0 Å². The highest BCUT2D eigenvalue weighted by Gasteiger charge is 2.26. The van der Waals surface area contributed by atoms with Gasteiger partial charge in [0.25, 0.3) is 0 Å². The van der Waals surface area contributed by atoms with Gasteiger partial charge in [-0.2, -0.15) is 0 Å². The minimum atomic E-state index is -0.757. The van der Waals surface area contributed by atoms with Crippen LogP contribution in [0.15, 0.2) is 0 Å². The lowest BCUT2D eigenvalue weighted by Crippen LogP contribution is -2.54. The van der Waals surface area contributed by atoms with Crippen molar-refractivity contribution in [1.82, 2.24) is 10.6 Å². The molecule has 0 aliphatic rings. The summed E-state index contributed by atoms with van der Waals surface area (Å²) < 4.78 is 0. The maximum Gasteiger partial charge on any atom is 0.242 e. The van der Waals surface area contributed by atoms with Gasteiger partial charge >= 0.3 is 0 Å². The molecule has 104 valence electrons. The second kappa shape index (κ2) is 7.65. The molecule has 0 heterocycles. The van der Waals surface area contributed by atoms with Crippen molar-refractivity contribution in [1.29, 1.82) is 0 Å². The zero-order chi connectivity index (χ0) is 14.3. The fraction of sp³-hybridized carbons (Fsp3) is 0.727. The van der Waals surface area contributed by atoms with Crippen LogP contribution in [0.3, 0.4) is 0 Å². The number of hydrogen-bond acceptors (Lipinski definition) is 4. The Bertz CT molecular complexity index is 319. The molecule has 0 saturated heterocycles. The number of nitrogens with two attached hydrogens (primary N) is 2. The van der Waals surface area contributed by atoms with E-state index in [2.05, 4.69) is 10.6 Å². The van der Waals surface area contributed by atoms with E-state index in [9.17, 15) is 14.4 Å². The van der Waals surface area contributed by atoms with Crippen LogP contribution in [0.25, 0.3) is 0 Å². The van der Waals surface area contributed by atoms with Crippen molar-refractivity contribution in [3.63, 3.8) is 0 Å². The Labute approximate surface area is 107 Å². The average Bonchev–Trinajstić information content (AvgIpc) is 2.33. The van der Waals surface area contributed by atoms with Gasteiger partial charge in [0.1, 0.15) is 12.1 Å². The third kappa shape index (κ3) is 5.13. The Morgan fingerprint density at radius 2 is 1.72 bits per heavy atom. The number of primary amides is 1. The standard InChI is InChI=1S/C11H22N4O3/c1-4-6(2)9(10(13)17)15-11(18)7(3)14-8(16)5-12/h6-7,9H,4-5,12H2,1-3H3,(H2,13,17)(H,14,16)(H,15,18)/t6-,7-,9-/m0/s1. The highest BCUT2D eigenvalue weighted by molar-refractivity contribution is 5.91. The molecule has 0 bridgehead atoms. The maximum absolute atomic E-state index is 11.8. The van der Waals surface area contributed by atoms with Crippen molar-refractivity contribution in [3.05, 3.63) is 0 Å². The Kier molecular flexibility index (Phi) is 6.96. The maximum atomic E-state index is 11.8. The van der Waals surface area contributed by atoms with Gasteiger partial charge in [0.05, 0.1) is 6.54 Å². The number of rotatable bonds is 7. The SMILES string of the molecule is CC[C@H](C)[C@H](NC(=O)[C@H](C)NC(=O)CN)C(N)=O. The summed E-state index contributed by atoms with van der Waals surface area (Å²) in [5, 5.41) is 4.93. The van der Waals surface area contributed by atoms with Gasteiger partial charge in [0, 0.05) is 0 Å². The molecule has 3 amide bonds. The van der Waals surface area contributed by atoms with Gasteiger partial charge in [-0.1, -0.05) is 20.3 Å². The average molecular weight is 258 g/mol. The van der Waals surface area contributed by atoms with Crippen molar-refractivity contribution in [3.8, 4) is 0 Å². The first kappa shape index (κ1) is 16.4. The number of carbonyl (C=O) groups is 3. The summed E-state index contributed by atoms with van der Waals surface area (Å²) in [6.07, 6.45) is 0.706. The van der Waals surface area contributed by atoms with E-state index in [0.717, 1.165) is 0 Å². The molecule has 0 aromatic rings. The van der Waals surface area contributed by atoms with Gasteiger partial charge in [-0.05, 0) is 12.8 Å². The molecule has 0 spiro atoms. The Balaban J connectivity index is 4.50. The zero-order valence-corrected chi connectivity index (χ0v) is 11.0. The quantitative estimate of drug-likeness (QED) is 0.441. The molecule has 7 nitrogen and oxygen atoms in total. The van der Waals surface area contributed by atoms with Crippen molar-refractivity contribution < 1.29 is 14.4 Å². The molecular formula is C11H22N4O3. The Morgan fingerprint density at radius 3 is 2.11 bits per heavy atom. The topological polar surface area (TPSA) is 127 Å². The first-order valence-corrected chi connectivity index (χ1v) is 5.92. The summed E-state index contributed by atoms with van der Waals surface area (Å²) in [5.41, 5.74) is 10.3. The first-order chi connectivity index (χ1) is 8.33. The summed E-state index contributed by atoms with van der Waals surface area (Å²) in [7, 11) is 0. The fourth-order valence-corrected chi connectivity index (χ4v) is 1.37. The van der Waals surface area contributed by atoms with Crippen molar-refractivity contribution in [2.45, 2.75) is 39.3 Å². The van der Waals surface area contributed by atoms with Gasteiger partial charge in [-0.15, -0.1) is 0 Å². The molecule has 18 heavy (non-hydrogen) atoms. The van der Waals surface area contributed by atoms with Crippen LogP contribution in [0.4, 0.5) is 0 Å². The monoisotopic (exact) mass is 258 g/mol. The number of nitrogens with one attached hydrogen (secondary N) is 2.